The summed E-state index contributed by atoms with van der Waals surface area (Å²) in [4.78, 5) is 31.6. The van der Waals surface area contributed by atoms with Gasteiger partial charge in [-0.1, -0.05) is 23.7 Å². The van der Waals surface area contributed by atoms with Crippen molar-refractivity contribution in [2.75, 3.05) is 31.6 Å². The maximum Gasteiger partial charge on any atom is 0.490 e. The lowest BCUT2D eigenvalue weighted by Gasteiger charge is -2.34. The monoisotopic (exact) mass is 689 g/mol. The van der Waals surface area contributed by atoms with Gasteiger partial charge in [0.2, 0.25) is 5.91 Å². The van der Waals surface area contributed by atoms with Crippen LogP contribution in [-0.4, -0.2) is 93.4 Å². The van der Waals surface area contributed by atoms with Crippen molar-refractivity contribution >= 4 is 35.1 Å². The van der Waals surface area contributed by atoms with Gasteiger partial charge in [0.1, 0.15) is 23.7 Å². The summed E-state index contributed by atoms with van der Waals surface area (Å²) in [5.74, 6) is -5.41. The average molecular weight is 690 g/mol. The zero-order chi connectivity index (χ0) is 35.3. The first-order valence-electron chi connectivity index (χ1n) is 13.3. The number of nitrogens with zero attached hydrogens (tertiary/aromatic N) is 1. The highest BCUT2D eigenvalue weighted by Crippen LogP contribution is 2.29. The smallest absolute Gasteiger partial charge is 0.490 e. The Morgan fingerprint density at radius 2 is 1.46 bits per heavy atom. The van der Waals surface area contributed by atoms with Gasteiger partial charge in [-0.15, -0.1) is 0 Å². The second-order valence-corrected chi connectivity index (χ2v) is 10.7. The number of phenolic OH excluding ortho intramolecular Hbond substituents is 1. The minimum Gasteiger partial charge on any atom is -0.508 e. The van der Waals surface area contributed by atoms with E-state index in [0.29, 0.717) is 24.0 Å². The van der Waals surface area contributed by atoms with Crippen molar-refractivity contribution < 1.29 is 65.9 Å². The van der Waals surface area contributed by atoms with Crippen molar-refractivity contribution in [2.24, 2.45) is 0 Å². The zero-order valence-electron chi connectivity index (χ0n) is 24.6. The normalized spacial score (nSPS) is 15.3. The van der Waals surface area contributed by atoms with E-state index in [2.05, 4.69) is 27.7 Å². The molecule has 1 atom stereocenters. The van der Waals surface area contributed by atoms with Crippen LogP contribution in [0.1, 0.15) is 32.3 Å². The Kier molecular flexibility index (Phi) is 15.5. The third-order valence-corrected chi connectivity index (χ3v) is 6.23. The first kappa shape index (κ1) is 40.2. The van der Waals surface area contributed by atoms with E-state index in [1.54, 1.807) is 13.0 Å². The van der Waals surface area contributed by atoms with Gasteiger partial charge in [0, 0.05) is 37.1 Å². The average Bonchev–Trinajstić information content (AvgIpc) is 2.93. The molecule has 46 heavy (non-hydrogen) atoms. The summed E-state index contributed by atoms with van der Waals surface area (Å²) in [7, 11) is 0. The zero-order valence-corrected chi connectivity index (χ0v) is 25.3. The molecule has 0 saturated carbocycles. The van der Waals surface area contributed by atoms with Crippen molar-refractivity contribution in [1.82, 2.24) is 10.2 Å². The Labute approximate surface area is 264 Å². The number of phenols is 1. The lowest BCUT2D eigenvalue weighted by molar-refractivity contribution is -0.193. The molecule has 6 N–H and O–H groups in total. The number of amides is 1. The number of carbonyl (C=O) groups is 3. The third-order valence-electron chi connectivity index (χ3n) is 5.98. The maximum absolute atomic E-state index is 11.4. The molecule has 11 nitrogen and oxygen atoms in total. The molecule has 2 aromatic rings. The number of aromatic hydroxyl groups is 1. The van der Waals surface area contributed by atoms with Crippen LogP contribution in [0.2, 0.25) is 5.02 Å². The standard InChI is InChI=1S/C24H32ClN3O4.2C2HF3O2/c1-17(29)27-22-8-7-21(30)13-23(22)32-16-24(2,31)15-26-20-9-11-28(12-10-20)14-18-3-5-19(25)6-4-18;2*3-2(4,5)1(6)7/h3-8,13,20,26,30-31H,9-12,14-16H2,1-2H3,(H,27,29);2*(H,6,7)/t24-;;/m0../s1. The minimum atomic E-state index is -5.08. The molecular formula is C28H34ClF6N3O8. The summed E-state index contributed by atoms with van der Waals surface area (Å²) < 4.78 is 69.2. The van der Waals surface area contributed by atoms with Crippen molar-refractivity contribution in [3.63, 3.8) is 0 Å². The van der Waals surface area contributed by atoms with E-state index in [4.69, 9.17) is 36.1 Å². The number of carboxylic acid groups (broad SMARTS) is 2. The number of aliphatic hydroxyl groups is 1. The molecule has 0 aromatic heterocycles. The molecule has 1 heterocycles. The fourth-order valence-corrected chi connectivity index (χ4v) is 3.84. The predicted octanol–water partition coefficient (Wildman–Crippen LogP) is 4.65. The first-order valence-corrected chi connectivity index (χ1v) is 13.7. The SMILES string of the molecule is CC(=O)Nc1ccc(O)cc1OC[C@@](C)(O)CNC1CCN(Cc2ccc(Cl)cc2)CC1.O=C(O)C(F)(F)F.O=C(O)C(F)(F)F. The number of anilines is 1. The number of rotatable bonds is 9. The van der Waals surface area contributed by atoms with E-state index in [1.165, 1.54) is 24.6 Å². The van der Waals surface area contributed by atoms with Crippen LogP contribution in [0.5, 0.6) is 11.5 Å². The molecule has 0 bridgehead atoms. The molecule has 18 heteroatoms. The van der Waals surface area contributed by atoms with E-state index >= 15 is 0 Å². The molecule has 1 aliphatic rings. The molecule has 1 fully saturated rings. The van der Waals surface area contributed by atoms with Crippen LogP contribution in [0.25, 0.3) is 0 Å². The van der Waals surface area contributed by atoms with Crippen molar-refractivity contribution in [3.05, 3.63) is 53.1 Å². The lowest BCUT2D eigenvalue weighted by atomic mass is 10.0. The van der Waals surface area contributed by atoms with Gasteiger partial charge in [-0.3, -0.25) is 9.69 Å². The number of hydrogen-bond acceptors (Lipinski definition) is 8. The van der Waals surface area contributed by atoms with E-state index < -0.39 is 29.9 Å². The van der Waals surface area contributed by atoms with Gasteiger partial charge in [-0.25, -0.2) is 9.59 Å². The molecule has 0 aliphatic carbocycles. The number of carboxylic acids is 2. The minimum absolute atomic E-state index is 0.0193. The Hall–Kier alpha value is -3.80. The predicted molar refractivity (Wildman–Crippen MR) is 154 cm³/mol. The highest BCUT2D eigenvalue weighted by atomic mass is 35.5. The molecular weight excluding hydrogens is 656 g/mol. The Bertz CT molecular complexity index is 1260. The van der Waals surface area contributed by atoms with Crippen LogP contribution < -0.4 is 15.4 Å². The molecule has 258 valence electrons. The Morgan fingerprint density at radius 1 is 0.957 bits per heavy atom. The number of carbonyl (C=O) groups excluding carboxylic acids is 1. The largest absolute Gasteiger partial charge is 0.508 e. The molecule has 0 unspecified atom stereocenters. The number of ether oxygens (including phenoxy) is 1. The van der Waals surface area contributed by atoms with Gasteiger partial charge in [0.15, 0.2) is 0 Å². The molecule has 1 amide bonds. The summed E-state index contributed by atoms with van der Waals surface area (Å²) in [6, 6.07) is 12.8. The first-order chi connectivity index (χ1) is 21.1. The summed E-state index contributed by atoms with van der Waals surface area (Å²) in [5.41, 5.74) is 0.595. The number of piperidine rings is 1. The van der Waals surface area contributed by atoms with Crippen molar-refractivity contribution in [1.29, 1.82) is 0 Å². The molecule has 2 aromatic carbocycles. The maximum atomic E-state index is 11.4. The summed E-state index contributed by atoms with van der Waals surface area (Å²) in [5, 5.41) is 41.6. The third kappa shape index (κ3) is 16.5. The second-order valence-electron chi connectivity index (χ2n) is 10.3. The second kappa shape index (κ2) is 17.8. The lowest BCUT2D eigenvalue weighted by Crippen LogP contribution is -2.49. The molecule has 1 saturated heterocycles. The van der Waals surface area contributed by atoms with Crippen molar-refractivity contribution in [2.45, 2.75) is 57.2 Å². The fraction of sp³-hybridized carbons (Fsp3) is 0.464. The van der Waals surface area contributed by atoms with E-state index in [1.807, 2.05) is 12.1 Å². The van der Waals surface area contributed by atoms with Crippen molar-refractivity contribution in [3.8, 4) is 11.5 Å². The van der Waals surface area contributed by atoms with Gasteiger partial charge in [-0.2, -0.15) is 26.3 Å². The molecule has 3 rings (SSSR count). The summed E-state index contributed by atoms with van der Waals surface area (Å²) in [6.07, 6.45) is -8.16. The van der Waals surface area contributed by atoms with Crippen LogP contribution in [0.4, 0.5) is 32.0 Å². The van der Waals surface area contributed by atoms with Gasteiger partial charge < -0.3 is 35.8 Å². The van der Waals surface area contributed by atoms with Gasteiger partial charge in [0.05, 0.1) is 5.69 Å². The fourth-order valence-electron chi connectivity index (χ4n) is 3.72. The van der Waals surface area contributed by atoms with Crippen LogP contribution >= 0.6 is 11.6 Å². The number of hydrogen-bond donors (Lipinski definition) is 6. The van der Waals surface area contributed by atoms with E-state index in [0.717, 1.165) is 37.5 Å². The topological polar surface area (TPSA) is 169 Å². The van der Waals surface area contributed by atoms with Gasteiger partial charge >= 0.3 is 24.3 Å². The van der Waals surface area contributed by atoms with E-state index in [9.17, 15) is 41.4 Å². The summed E-state index contributed by atoms with van der Waals surface area (Å²) >= 11 is 5.96. The van der Waals surface area contributed by atoms with Crippen LogP contribution in [-0.2, 0) is 20.9 Å². The molecule has 1 aliphatic heterocycles. The Balaban J connectivity index is 0.000000629. The summed E-state index contributed by atoms with van der Waals surface area (Å²) in [6.45, 7) is 6.39. The number of halogens is 7. The van der Waals surface area contributed by atoms with Gasteiger partial charge in [-0.05, 0) is 62.7 Å². The van der Waals surface area contributed by atoms with E-state index in [-0.39, 0.29) is 18.3 Å². The number of likely N-dealkylation sites (tertiary alicyclic amines) is 1. The van der Waals surface area contributed by atoms with Crippen LogP contribution in [0.15, 0.2) is 42.5 Å². The molecule has 0 spiro atoms. The number of benzene rings is 2. The molecule has 0 radical (unpaired) electrons. The van der Waals surface area contributed by atoms with Crippen LogP contribution in [0, 0.1) is 0 Å². The highest BCUT2D eigenvalue weighted by Gasteiger charge is 2.39. The van der Waals surface area contributed by atoms with Crippen LogP contribution in [0.3, 0.4) is 0 Å². The highest BCUT2D eigenvalue weighted by molar-refractivity contribution is 6.30. The number of aliphatic carboxylic acids is 2. The Morgan fingerprint density at radius 3 is 1.91 bits per heavy atom. The number of nitrogens with one attached hydrogen (secondary N) is 2. The van der Waals surface area contributed by atoms with Gasteiger partial charge in [0.25, 0.3) is 0 Å². The number of alkyl halides is 6. The quantitative estimate of drug-likeness (QED) is 0.161.